The molecule has 158 valence electrons. The molecule has 0 spiro atoms. The lowest BCUT2D eigenvalue weighted by molar-refractivity contribution is -0.131. The Labute approximate surface area is 179 Å². The molecule has 3 amide bonds. The van der Waals surface area contributed by atoms with Crippen molar-refractivity contribution in [1.29, 1.82) is 0 Å². The molecule has 2 fully saturated rings. The maximum atomic E-state index is 13.1. The van der Waals surface area contributed by atoms with E-state index in [0.717, 1.165) is 49.2 Å². The summed E-state index contributed by atoms with van der Waals surface area (Å²) in [5.74, 6) is 0.203. The number of hydrogen-bond acceptors (Lipinski definition) is 2. The van der Waals surface area contributed by atoms with Crippen LogP contribution in [-0.4, -0.2) is 52.8 Å². The van der Waals surface area contributed by atoms with Crippen molar-refractivity contribution >= 4 is 11.9 Å². The lowest BCUT2D eigenvalue weighted by atomic mass is 10.0. The van der Waals surface area contributed by atoms with E-state index in [2.05, 4.69) is 25.1 Å². The van der Waals surface area contributed by atoms with Gasteiger partial charge in [-0.1, -0.05) is 54.6 Å². The van der Waals surface area contributed by atoms with E-state index in [4.69, 9.17) is 0 Å². The minimum Gasteiger partial charge on any atom is -0.342 e. The summed E-state index contributed by atoms with van der Waals surface area (Å²) in [6, 6.07) is 18.4. The van der Waals surface area contributed by atoms with Crippen LogP contribution in [0.15, 0.2) is 54.6 Å². The van der Waals surface area contributed by atoms with E-state index >= 15 is 0 Å². The van der Waals surface area contributed by atoms with Crippen LogP contribution in [-0.2, 0) is 17.8 Å². The van der Waals surface area contributed by atoms with Crippen LogP contribution < -0.4 is 0 Å². The normalized spacial score (nSPS) is 18.0. The number of benzene rings is 2. The fraction of sp³-hybridized carbons (Fsp3) is 0.440. The van der Waals surface area contributed by atoms with Crippen molar-refractivity contribution in [3.8, 4) is 0 Å². The van der Waals surface area contributed by atoms with E-state index < -0.39 is 0 Å². The van der Waals surface area contributed by atoms with Crippen LogP contribution in [0.25, 0.3) is 0 Å². The smallest absolute Gasteiger partial charge is 0.320 e. The first-order valence-electron chi connectivity index (χ1n) is 11.1. The molecule has 2 saturated heterocycles. The summed E-state index contributed by atoms with van der Waals surface area (Å²) >= 11 is 0. The summed E-state index contributed by atoms with van der Waals surface area (Å²) in [7, 11) is 0. The first kappa shape index (κ1) is 20.5. The van der Waals surface area contributed by atoms with Crippen LogP contribution in [0.5, 0.6) is 0 Å². The highest BCUT2D eigenvalue weighted by Gasteiger charge is 2.32. The number of carbonyl (C=O) groups is 2. The van der Waals surface area contributed by atoms with Crippen LogP contribution in [0.3, 0.4) is 0 Å². The average Bonchev–Trinajstić information content (AvgIpc) is 3.15. The van der Waals surface area contributed by atoms with E-state index in [0.29, 0.717) is 19.5 Å². The molecule has 2 aliphatic heterocycles. The van der Waals surface area contributed by atoms with Gasteiger partial charge in [-0.25, -0.2) is 4.79 Å². The van der Waals surface area contributed by atoms with Crippen molar-refractivity contribution < 1.29 is 9.59 Å². The lowest BCUT2D eigenvalue weighted by Crippen LogP contribution is -2.37. The molecular weight excluding hydrogens is 374 g/mol. The van der Waals surface area contributed by atoms with E-state index in [1.54, 1.807) is 0 Å². The van der Waals surface area contributed by atoms with Gasteiger partial charge in [0.25, 0.3) is 0 Å². The molecule has 2 aromatic rings. The Kier molecular flexibility index (Phi) is 6.36. The van der Waals surface area contributed by atoms with Crippen molar-refractivity contribution in [2.24, 2.45) is 0 Å². The predicted octanol–water partition coefficient (Wildman–Crippen LogP) is 4.24. The molecule has 5 nitrogen and oxygen atoms in total. The van der Waals surface area contributed by atoms with Crippen molar-refractivity contribution in [3.05, 3.63) is 71.3 Å². The molecule has 0 unspecified atom stereocenters. The van der Waals surface area contributed by atoms with Gasteiger partial charge in [-0.2, -0.15) is 0 Å². The maximum absolute atomic E-state index is 13.1. The average molecular weight is 406 g/mol. The molecule has 0 radical (unpaired) electrons. The van der Waals surface area contributed by atoms with Crippen molar-refractivity contribution in [2.75, 3.05) is 26.2 Å². The Balaban J connectivity index is 1.42. The third-order valence-corrected chi connectivity index (χ3v) is 6.41. The monoisotopic (exact) mass is 405 g/mol. The summed E-state index contributed by atoms with van der Waals surface area (Å²) in [5.41, 5.74) is 3.26. The molecule has 0 aromatic heterocycles. The first-order chi connectivity index (χ1) is 14.6. The minimum absolute atomic E-state index is 0.0552. The van der Waals surface area contributed by atoms with E-state index in [1.165, 1.54) is 6.42 Å². The Morgan fingerprint density at radius 2 is 1.53 bits per heavy atom. The van der Waals surface area contributed by atoms with Crippen LogP contribution >= 0.6 is 0 Å². The standard InChI is InChI=1S/C25H31N3O2/c1-20(21-10-4-2-5-11-21)28-17-16-27(25(28)30)19-23-13-7-6-12-22(23)18-24(29)26-14-8-3-9-15-26/h2,4-7,10-13,20H,3,8-9,14-19H2,1H3/t20-/m0/s1. The Morgan fingerprint density at radius 1 is 0.867 bits per heavy atom. The minimum atomic E-state index is 0.0552. The quantitative estimate of drug-likeness (QED) is 0.721. The molecule has 4 rings (SSSR count). The zero-order chi connectivity index (χ0) is 20.9. The number of likely N-dealkylation sites (tertiary alicyclic amines) is 1. The van der Waals surface area contributed by atoms with Gasteiger partial charge in [0.2, 0.25) is 5.91 Å². The van der Waals surface area contributed by atoms with Gasteiger partial charge in [-0.3, -0.25) is 4.79 Å². The molecule has 2 aliphatic rings. The molecule has 1 atom stereocenters. The number of urea groups is 1. The zero-order valence-electron chi connectivity index (χ0n) is 17.8. The summed E-state index contributed by atoms with van der Waals surface area (Å²) < 4.78 is 0. The second-order valence-corrected chi connectivity index (χ2v) is 8.37. The van der Waals surface area contributed by atoms with Crippen molar-refractivity contribution in [1.82, 2.24) is 14.7 Å². The number of piperidine rings is 1. The van der Waals surface area contributed by atoms with Crippen LogP contribution in [0, 0.1) is 0 Å². The fourth-order valence-electron chi connectivity index (χ4n) is 4.53. The van der Waals surface area contributed by atoms with Gasteiger partial charge >= 0.3 is 6.03 Å². The third kappa shape index (κ3) is 4.50. The highest BCUT2D eigenvalue weighted by molar-refractivity contribution is 5.80. The molecule has 30 heavy (non-hydrogen) atoms. The van der Waals surface area contributed by atoms with Gasteiger partial charge in [0.15, 0.2) is 0 Å². The van der Waals surface area contributed by atoms with Crippen LogP contribution in [0.4, 0.5) is 4.79 Å². The SMILES string of the molecule is C[C@@H](c1ccccc1)N1CCN(Cc2ccccc2CC(=O)N2CCCCC2)C1=O. The maximum Gasteiger partial charge on any atom is 0.320 e. The summed E-state index contributed by atoms with van der Waals surface area (Å²) in [5, 5.41) is 0. The van der Waals surface area contributed by atoms with E-state index in [-0.39, 0.29) is 18.0 Å². The van der Waals surface area contributed by atoms with Crippen LogP contribution in [0.2, 0.25) is 0 Å². The molecule has 0 saturated carbocycles. The van der Waals surface area contributed by atoms with E-state index in [1.807, 2.05) is 51.1 Å². The van der Waals surface area contributed by atoms with Gasteiger partial charge in [-0.15, -0.1) is 0 Å². The van der Waals surface area contributed by atoms with Crippen LogP contribution in [0.1, 0.15) is 48.9 Å². The highest BCUT2D eigenvalue weighted by Crippen LogP contribution is 2.26. The van der Waals surface area contributed by atoms with Crippen molar-refractivity contribution in [3.63, 3.8) is 0 Å². The molecule has 0 aliphatic carbocycles. The molecule has 5 heteroatoms. The van der Waals surface area contributed by atoms with Gasteiger partial charge in [0, 0.05) is 32.7 Å². The molecular formula is C25H31N3O2. The van der Waals surface area contributed by atoms with Crippen molar-refractivity contribution in [2.45, 2.75) is 45.2 Å². The lowest BCUT2D eigenvalue weighted by Gasteiger charge is -2.27. The number of amides is 3. The van der Waals surface area contributed by atoms with E-state index in [9.17, 15) is 9.59 Å². The topological polar surface area (TPSA) is 43.9 Å². The second kappa shape index (κ2) is 9.33. The Morgan fingerprint density at radius 3 is 2.27 bits per heavy atom. The van der Waals surface area contributed by atoms with Gasteiger partial charge in [-0.05, 0) is 42.9 Å². The Hall–Kier alpha value is -2.82. The molecule has 2 heterocycles. The summed E-state index contributed by atoms with van der Waals surface area (Å²) in [4.78, 5) is 31.7. The zero-order valence-corrected chi connectivity index (χ0v) is 17.8. The van der Waals surface area contributed by atoms with Gasteiger partial charge in [0.05, 0.1) is 12.5 Å². The summed E-state index contributed by atoms with van der Waals surface area (Å²) in [6.07, 6.45) is 3.84. The number of hydrogen-bond donors (Lipinski definition) is 0. The number of nitrogens with zero attached hydrogens (tertiary/aromatic N) is 3. The fourth-order valence-corrected chi connectivity index (χ4v) is 4.53. The molecule has 0 N–H and O–H groups in total. The molecule has 0 bridgehead atoms. The highest BCUT2D eigenvalue weighted by atomic mass is 16.2. The number of rotatable bonds is 6. The number of carbonyl (C=O) groups excluding carboxylic acids is 2. The summed E-state index contributed by atoms with van der Waals surface area (Å²) in [6.45, 7) is 5.83. The first-order valence-corrected chi connectivity index (χ1v) is 11.1. The van der Waals surface area contributed by atoms with Gasteiger partial charge < -0.3 is 14.7 Å². The largest absolute Gasteiger partial charge is 0.342 e. The third-order valence-electron chi connectivity index (χ3n) is 6.41. The second-order valence-electron chi connectivity index (χ2n) is 8.37. The molecule has 2 aromatic carbocycles. The van der Waals surface area contributed by atoms with Gasteiger partial charge in [0.1, 0.15) is 0 Å². The Bertz CT molecular complexity index is 877. The predicted molar refractivity (Wildman–Crippen MR) is 118 cm³/mol.